The molecule has 0 spiro atoms. The summed E-state index contributed by atoms with van der Waals surface area (Å²) in [6.45, 7) is 3.77. The fraction of sp³-hybridized carbons (Fsp3) is 0.387. The Bertz CT molecular complexity index is 1120. The van der Waals surface area contributed by atoms with Crippen molar-refractivity contribution in [3.63, 3.8) is 0 Å². The first-order valence-electron chi connectivity index (χ1n) is 13.1. The summed E-state index contributed by atoms with van der Waals surface area (Å²) in [5, 5.41) is 0. The first-order chi connectivity index (χ1) is 18.2. The van der Waals surface area contributed by atoms with Crippen molar-refractivity contribution in [2.24, 2.45) is 0 Å². The summed E-state index contributed by atoms with van der Waals surface area (Å²) in [6, 6.07) is 26.5. The van der Waals surface area contributed by atoms with Gasteiger partial charge in [-0.1, -0.05) is 60.7 Å². The number of benzene rings is 3. The first-order valence-corrected chi connectivity index (χ1v) is 13.1. The maximum absolute atomic E-state index is 12.6. The number of ether oxygens (including phenoxy) is 4. The number of para-hydroxylation sites is 1. The van der Waals surface area contributed by atoms with Crippen LogP contribution in [0.25, 0.3) is 0 Å². The summed E-state index contributed by atoms with van der Waals surface area (Å²) in [6.07, 6.45) is 2.96. The third-order valence-corrected chi connectivity index (χ3v) is 6.71. The molecule has 0 unspecified atom stereocenters. The van der Waals surface area contributed by atoms with Crippen molar-refractivity contribution in [1.29, 1.82) is 0 Å². The van der Waals surface area contributed by atoms with Gasteiger partial charge < -0.3 is 23.8 Å². The van der Waals surface area contributed by atoms with E-state index in [0.29, 0.717) is 32.8 Å². The second kappa shape index (κ2) is 13.7. The number of amides is 1. The van der Waals surface area contributed by atoms with Gasteiger partial charge in [-0.2, -0.15) is 0 Å². The highest BCUT2D eigenvalue weighted by molar-refractivity contribution is 5.68. The Kier molecular flexibility index (Phi) is 9.83. The van der Waals surface area contributed by atoms with Gasteiger partial charge in [-0.15, -0.1) is 0 Å². The van der Waals surface area contributed by atoms with E-state index in [1.54, 1.807) is 12.0 Å². The molecule has 3 aromatic rings. The Morgan fingerprint density at radius 2 is 1.73 bits per heavy atom. The predicted octanol–water partition coefficient (Wildman–Crippen LogP) is 6.07. The lowest BCUT2D eigenvalue weighted by Gasteiger charge is -2.23. The fourth-order valence-corrected chi connectivity index (χ4v) is 4.75. The lowest BCUT2D eigenvalue weighted by atomic mass is 10.0. The van der Waals surface area contributed by atoms with Crippen LogP contribution in [0.5, 0.6) is 11.5 Å². The van der Waals surface area contributed by atoms with Crippen molar-refractivity contribution in [3.05, 3.63) is 95.6 Å². The summed E-state index contributed by atoms with van der Waals surface area (Å²) in [5.41, 5.74) is 3.53. The average Bonchev–Trinajstić information content (AvgIpc) is 3.35. The van der Waals surface area contributed by atoms with Gasteiger partial charge >= 0.3 is 6.09 Å². The third-order valence-electron chi connectivity index (χ3n) is 6.71. The van der Waals surface area contributed by atoms with Crippen molar-refractivity contribution in [1.82, 2.24) is 4.90 Å². The number of hydrogen-bond acceptors (Lipinski definition) is 5. The number of likely N-dealkylation sites (tertiary alicyclic amines) is 1. The minimum absolute atomic E-state index is 0.0174. The van der Waals surface area contributed by atoms with Crippen LogP contribution in [0.3, 0.4) is 0 Å². The number of carbonyl (C=O) groups is 1. The number of hydrogen-bond donors (Lipinski definition) is 0. The monoisotopic (exact) mass is 503 g/mol. The van der Waals surface area contributed by atoms with E-state index < -0.39 is 0 Å². The summed E-state index contributed by atoms with van der Waals surface area (Å²) in [5.74, 6) is 1.76. The van der Waals surface area contributed by atoms with Gasteiger partial charge in [0.05, 0.1) is 39.6 Å². The Morgan fingerprint density at radius 3 is 2.54 bits per heavy atom. The van der Waals surface area contributed by atoms with E-state index >= 15 is 0 Å². The summed E-state index contributed by atoms with van der Waals surface area (Å²) in [4.78, 5) is 14.4. The van der Waals surface area contributed by atoms with E-state index in [1.807, 2.05) is 55.5 Å². The van der Waals surface area contributed by atoms with Gasteiger partial charge in [-0.25, -0.2) is 4.79 Å². The van der Waals surface area contributed by atoms with Crippen molar-refractivity contribution < 1.29 is 23.7 Å². The SMILES string of the molecule is CCOC(=O)N1C[C@H](OCc2ccccc2)C[C@H]1CCOc1ccccc1CCc1cccc(OC)c1. The summed E-state index contributed by atoms with van der Waals surface area (Å²) >= 11 is 0. The van der Waals surface area contributed by atoms with Crippen LogP contribution >= 0.6 is 0 Å². The van der Waals surface area contributed by atoms with Crippen molar-refractivity contribution >= 4 is 6.09 Å². The molecule has 37 heavy (non-hydrogen) atoms. The lowest BCUT2D eigenvalue weighted by Crippen LogP contribution is -2.37. The lowest BCUT2D eigenvalue weighted by molar-refractivity contribution is 0.0442. The van der Waals surface area contributed by atoms with Crippen LogP contribution in [0.15, 0.2) is 78.9 Å². The fourth-order valence-electron chi connectivity index (χ4n) is 4.75. The molecule has 0 N–H and O–H groups in total. The Morgan fingerprint density at radius 1 is 0.946 bits per heavy atom. The molecule has 0 radical (unpaired) electrons. The Hall–Kier alpha value is -3.51. The molecule has 3 aromatic carbocycles. The Labute approximate surface area is 220 Å². The number of aryl methyl sites for hydroxylation is 2. The van der Waals surface area contributed by atoms with Gasteiger partial charge in [0.1, 0.15) is 11.5 Å². The van der Waals surface area contributed by atoms with Gasteiger partial charge in [0.25, 0.3) is 0 Å². The van der Waals surface area contributed by atoms with Gasteiger partial charge in [-0.05, 0) is 61.1 Å². The molecule has 1 aliphatic heterocycles. The molecular weight excluding hydrogens is 466 g/mol. The maximum Gasteiger partial charge on any atom is 0.410 e. The number of rotatable bonds is 12. The zero-order valence-corrected chi connectivity index (χ0v) is 21.8. The third kappa shape index (κ3) is 7.73. The second-order valence-electron chi connectivity index (χ2n) is 9.26. The normalized spacial score (nSPS) is 17.0. The average molecular weight is 504 g/mol. The summed E-state index contributed by atoms with van der Waals surface area (Å²) < 4.78 is 23.1. The minimum Gasteiger partial charge on any atom is -0.497 e. The van der Waals surface area contributed by atoms with E-state index in [-0.39, 0.29) is 18.2 Å². The van der Waals surface area contributed by atoms with Gasteiger partial charge in [0, 0.05) is 12.5 Å². The molecule has 196 valence electrons. The highest BCUT2D eigenvalue weighted by atomic mass is 16.6. The standard InChI is InChI=1S/C31H37NO5/c1-3-35-31(33)32-22-29(37-23-25-10-5-4-6-11-25)21-27(32)18-19-36-30-15-8-7-13-26(30)17-16-24-12-9-14-28(20-24)34-2/h4-15,20,27,29H,3,16-19,21-23H2,1-2H3/t27-,29-/m1/s1. The molecule has 0 bridgehead atoms. The van der Waals surface area contributed by atoms with Crippen LogP contribution in [0.1, 0.15) is 36.5 Å². The van der Waals surface area contributed by atoms with Crippen LogP contribution in [-0.4, -0.2) is 50.0 Å². The Balaban J connectivity index is 1.32. The van der Waals surface area contributed by atoms with E-state index in [9.17, 15) is 4.79 Å². The van der Waals surface area contributed by atoms with Crippen LogP contribution in [0.4, 0.5) is 4.79 Å². The number of methoxy groups -OCH3 is 1. The molecule has 1 fully saturated rings. The van der Waals surface area contributed by atoms with E-state index in [1.165, 1.54) is 11.1 Å². The molecule has 4 rings (SSSR count). The molecule has 6 heteroatoms. The molecule has 0 aliphatic carbocycles. The smallest absolute Gasteiger partial charge is 0.410 e. The zero-order chi connectivity index (χ0) is 25.9. The predicted molar refractivity (Wildman–Crippen MR) is 144 cm³/mol. The summed E-state index contributed by atoms with van der Waals surface area (Å²) in [7, 11) is 1.69. The molecular formula is C31H37NO5. The van der Waals surface area contributed by atoms with Crippen LogP contribution in [0, 0.1) is 0 Å². The molecule has 1 saturated heterocycles. The van der Waals surface area contributed by atoms with Crippen LogP contribution in [0.2, 0.25) is 0 Å². The topological polar surface area (TPSA) is 57.2 Å². The molecule has 0 saturated carbocycles. The minimum atomic E-state index is -0.281. The van der Waals surface area contributed by atoms with Gasteiger partial charge in [-0.3, -0.25) is 0 Å². The maximum atomic E-state index is 12.6. The number of nitrogens with zero attached hydrogens (tertiary/aromatic N) is 1. The van der Waals surface area contributed by atoms with Crippen LogP contribution in [-0.2, 0) is 28.9 Å². The largest absolute Gasteiger partial charge is 0.497 e. The molecule has 1 heterocycles. The van der Waals surface area contributed by atoms with Gasteiger partial charge in [0.15, 0.2) is 0 Å². The highest BCUT2D eigenvalue weighted by Crippen LogP contribution is 2.26. The molecule has 1 aliphatic rings. The van der Waals surface area contributed by atoms with Crippen molar-refractivity contribution in [2.75, 3.05) is 26.9 Å². The molecule has 2 atom stereocenters. The van der Waals surface area contributed by atoms with E-state index in [0.717, 1.165) is 36.3 Å². The molecule has 0 aromatic heterocycles. The molecule has 6 nitrogen and oxygen atoms in total. The second-order valence-corrected chi connectivity index (χ2v) is 9.26. The van der Waals surface area contributed by atoms with Crippen molar-refractivity contribution in [3.8, 4) is 11.5 Å². The number of carbonyl (C=O) groups excluding carboxylic acids is 1. The van der Waals surface area contributed by atoms with Gasteiger partial charge in [0.2, 0.25) is 0 Å². The highest BCUT2D eigenvalue weighted by Gasteiger charge is 2.36. The zero-order valence-electron chi connectivity index (χ0n) is 21.8. The van der Waals surface area contributed by atoms with Crippen molar-refractivity contribution in [2.45, 2.75) is 51.4 Å². The first kappa shape index (κ1) is 26.6. The quantitative estimate of drug-likeness (QED) is 0.300. The van der Waals surface area contributed by atoms with Crippen LogP contribution < -0.4 is 9.47 Å². The van der Waals surface area contributed by atoms with E-state index in [2.05, 4.69) is 30.3 Å². The molecule has 1 amide bonds. The van der Waals surface area contributed by atoms with E-state index in [4.69, 9.17) is 18.9 Å².